The van der Waals surface area contributed by atoms with Gasteiger partial charge in [-0.25, -0.2) is 0 Å². The molecule has 0 bridgehead atoms. The van der Waals surface area contributed by atoms with E-state index >= 15 is 0 Å². The van der Waals surface area contributed by atoms with Crippen molar-refractivity contribution in [3.05, 3.63) is 76.9 Å². The van der Waals surface area contributed by atoms with E-state index in [1.54, 1.807) is 0 Å². The fourth-order valence-corrected chi connectivity index (χ4v) is 3.02. The molecule has 1 atom stereocenters. The Hall–Kier alpha value is -2.30. The fourth-order valence-electron chi connectivity index (χ4n) is 3.02. The Kier molecular flexibility index (Phi) is 3.90. The van der Waals surface area contributed by atoms with Gasteiger partial charge in [0.1, 0.15) is 6.61 Å². The van der Waals surface area contributed by atoms with Crippen molar-refractivity contribution < 1.29 is 5.11 Å². The van der Waals surface area contributed by atoms with Crippen molar-refractivity contribution in [1.82, 2.24) is 0 Å². The van der Waals surface area contributed by atoms with Gasteiger partial charge in [-0.3, -0.25) is 0 Å². The van der Waals surface area contributed by atoms with Crippen LogP contribution in [0.3, 0.4) is 0 Å². The van der Waals surface area contributed by atoms with E-state index in [1.165, 1.54) is 22.3 Å². The summed E-state index contributed by atoms with van der Waals surface area (Å²) >= 11 is 0. The second-order valence-corrected chi connectivity index (χ2v) is 5.27. The van der Waals surface area contributed by atoms with Gasteiger partial charge in [0.05, 0.1) is 5.92 Å². The molecule has 0 saturated carbocycles. The number of aliphatic hydroxyl groups is 1. The fraction of sp³-hybridized carbons (Fsp3) is 0.200. The van der Waals surface area contributed by atoms with Crippen molar-refractivity contribution >= 4 is 6.08 Å². The molecule has 21 heavy (non-hydrogen) atoms. The summed E-state index contributed by atoms with van der Waals surface area (Å²) in [6.45, 7) is 3.76. The second kappa shape index (κ2) is 5.99. The molecule has 104 valence electrons. The van der Waals surface area contributed by atoms with Crippen LogP contribution in [0.1, 0.15) is 33.7 Å². The lowest BCUT2D eigenvalue weighted by Crippen LogP contribution is -2.02. The van der Waals surface area contributed by atoms with Gasteiger partial charge in [0.25, 0.3) is 0 Å². The third-order valence-corrected chi connectivity index (χ3v) is 4.07. The highest BCUT2D eigenvalue weighted by atomic mass is 16.2. The molecule has 0 fully saturated rings. The van der Waals surface area contributed by atoms with Crippen LogP contribution < -0.4 is 0 Å². The summed E-state index contributed by atoms with van der Waals surface area (Å²) in [6.07, 6.45) is 3.93. The lowest BCUT2D eigenvalue weighted by atomic mass is 9.87. The Morgan fingerprint density at radius 2 is 1.86 bits per heavy atom. The van der Waals surface area contributed by atoms with Crippen LogP contribution in [0.4, 0.5) is 0 Å². The van der Waals surface area contributed by atoms with E-state index in [4.69, 9.17) is 5.11 Å². The SMILES string of the molecule is C=Cc1ccc2c(c1)C(C#CCO)c1ccccc1CC2. The maximum atomic E-state index is 9.07. The number of benzene rings is 2. The summed E-state index contributed by atoms with van der Waals surface area (Å²) in [5.74, 6) is 6.12. The smallest absolute Gasteiger partial charge is 0.104 e. The minimum absolute atomic E-state index is 0.0331. The van der Waals surface area contributed by atoms with Gasteiger partial charge in [-0.1, -0.05) is 60.9 Å². The lowest BCUT2D eigenvalue weighted by molar-refractivity contribution is 0.350. The van der Waals surface area contributed by atoms with Gasteiger partial charge in [-0.2, -0.15) is 0 Å². The first-order valence-corrected chi connectivity index (χ1v) is 7.26. The summed E-state index contributed by atoms with van der Waals surface area (Å²) in [5.41, 5.74) is 6.32. The zero-order chi connectivity index (χ0) is 14.7. The molecule has 0 heterocycles. The molecule has 0 aromatic heterocycles. The van der Waals surface area contributed by atoms with E-state index in [-0.39, 0.29) is 12.5 Å². The van der Waals surface area contributed by atoms with Crippen LogP contribution in [-0.4, -0.2) is 11.7 Å². The Bertz CT molecular complexity index is 731. The average Bonchev–Trinajstić information content (AvgIpc) is 2.69. The van der Waals surface area contributed by atoms with Crippen molar-refractivity contribution in [2.45, 2.75) is 18.8 Å². The monoisotopic (exact) mass is 274 g/mol. The minimum atomic E-state index is -0.102. The van der Waals surface area contributed by atoms with Crippen molar-refractivity contribution in [1.29, 1.82) is 0 Å². The first-order chi connectivity index (χ1) is 10.3. The highest BCUT2D eigenvalue weighted by Gasteiger charge is 2.21. The van der Waals surface area contributed by atoms with Gasteiger partial charge in [-0.15, -0.1) is 0 Å². The zero-order valence-corrected chi connectivity index (χ0v) is 12.0. The minimum Gasteiger partial charge on any atom is -0.384 e. The normalized spacial score (nSPS) is 16.0. The average molecular weight is 274 g/mol. The van der Waals surface area contributed by atoms with Gasteiger partial charge in [0.2, 0.25) is 0 Å². The Morgan fingerprint density at radius 3 is 2.62 bits per heavy atom. The molecule has 3 rings (SSSR count). The molecule has 2 aromatic carbocycles. The number of aliphatic hydroxyl groups excluding tert-OH is 1. The number of hydrogen-bond donors (Lipinski definition) is 1. The van der Waals surface area contributed by atoms with Gasteiger partial charge in [-0.05, 0) is 46.7 Å². The molecule has 1 heteroatoms. The number of fused-ring (bicyclic) bond motifs is 2. The number of aryl methyl sites for hydroxylation is 2. The van der Waals surface area contributed by atoms with Crippen molar-refractivity contribution in [3.63, 3.8) is 0 Å². The summed E-state index contributed by atoms with van der Waals surface area (Å²) in [6, 6.07) is 15.0. The van der Waals surface area contributed by atoms with E-state index in [0.29, 0.717) is 0 Å². The molecule has 2 aromatic rings. The van der Waals surface area contributed by atoms with Crippen molar-refractivity contribution in [2.24, 2.45) is 0 Å². The van der Waals surface area contributed by atoms with E-state index < -0.39 is 0 Å². The van der Waals surface area contributed by atoms with Crippen molar-refractivity contribution in [3.8, 4) is 11.8 Å². The highest BCUT2D eigenvalue weighted by molar-refractivity contribution is 5.56. The maximum absolute atomic E-state index is 9.07. The largest absolute Gasteiger partial charge is 0.384 e. The first-order valence-electron chi connectivity index (χ1n) is 7.26. The van der Waals surface area contributed by atoms with Crippen LogP contribution in [0.15, 0.2) is 49.0 Å². The Morgan fingerprint density at radius 1 is 1.10 bits per heavy atom. The Labute approximate surface area is 126 Å². The summed E-state index contributed by atoms with van der Waals surface area (Å²) in [5, 5.41) is 9.07. The summed E-state index contributed by atoms with van der Waals surface area (Å²) in [7, 11) is 0. The lowest BCUT2D eigenvalue weighted by Gasteiger charge is -2.15. The molecular weight excluding hydrogens is 256 g/mol. The summed E-state index contributed by atoms with van der Waals surface area (Å²) in [4.78, 5) is 0. The van der Waals surface area contributed by atoms with E-state index in [9.17, 15) is 0 Å². The third kappa shape index (κ3) is 2.63. The number of hydrogen-bond acceptors (Lipinski definition) is 1. The van der Waals surface area contributed by atoms with Gasteiger partial charge in [0, 0.05) is 0 Å². The molecule has 0 radical (unpaired) electrons. The van der Waals surface area contributed by atoms with Gasteiger partial charge in [0.15, 0.2) is 0 Å². The van der Waals surface area contributed by atoms with Gasteiger partial charge < -0.3 is 5.11 Å². The topological polar surface area (TPSA) is 20.2 Å². The van der Waals surface area contributed by atoms with E-state index in [0.717, 1.165) is 18.4 Å². The standard InChI is InChI=1S/C20H18O/c1-2-15-9-10-17-12-11-16-6-3-4-7-18(16)19(8-5-13-21)20(17)14-15/h2-4,6-7,9-10,14,19,21H,1,11-13H2. The first kappa shape index (κ1) is 13.7. The second-order valence-electron chi connectivity index (χ2n) is 5.27. The molecule has 1 unspecified atom stereocenters. The predicted molar refractivity (Wildman–Crippen MR) is 87.1 cm³/mol. The van der Waals surface area contributed by atoms with Crippen LogP contribution in [-0.2, 0) is 12.8 Å². The maximum Gasteiger partial charge on any atom is 0.104 e. The highest BCUT2D eigenvalue weighted by Crippen LogP contribution is 2.34. The molecule has 1 aliphatic rings. The molecule has 1 N–H and O–H groups in total. The molecule has 0 amide bonds. The zero-order valence-electron chi connectivity index (χ0n) is 12.0. The summed E-state index contributed by atoms with van der Waals surface area (Å²) < 4.78 is 0. The molecule has 1 nitrogen and oxygen atoms in total. The quantitative estimate of drug-likeness (QED) is 0.788. The van der Waals surface area contributed by atoms with Crippen LogP contribution in [0.5, 0.6) is 0 Å². The predicted octanol–water partition coefficient (Wildman–Crippen LogP) is 3.56. The molecular formula is C20H18O. The van der Waals surface area contributed by atoms with E-state index in [2.05, 4.69) is 60.9 Å². The van der Waals surface area contributed by atoms with Crippen LogP contribution in [0.2, 0.25) is 0 Å². The van der Waals surface area contributed by atoms with Crippen molar-refractivity contribution in [2.75, 3.05) is 6.61 Å². The van der Waals surface area contributed by atoms with E-state index in [1.807, 2.05) is 6.08 Å². The van der Waals surface area contributed by atoms with Crippen LogP contribution >= 0.6 is 0 Å². The molecule has 0 saturated heterocycles. The van der Waals surface area contributed by atoms with Crippen LogP contribution in [0, 0.1) is 11.8 Å². The molecule has 1 aliphatic carbocycles. The molecule has 0 aliphatic heterocycles. The Balaban J connectivity index is 2.21. The third-order valence-electron chi connectivity index (χ3n) is 4.07. The van der Waals surface area contributed by atoms with Gasteiger partial charge >= 0.3 is 0 Å². The van der Waals surface area contributed by atoms with Crippen LogP contribution in [0.25, 0.3) is 6.08 Å². The molecule has 0 spiro atoms. The number of rotatable bonds is 1.